The van der Waals surface area contributed by atoms with Crippen molar-refractivity contribution >= 4 is 5.97 Å². The number of aliphatic carboxylic acids is 1. The molecular formula is C21H30O5. The molecule has 0 saturated heterocycles. The van der Waals surface area contributed by atoms with Gasteiger partial charge in [-0.05, 0) is 43.9 Å². The molecule has 2 aliphatic carbocycles. The van der Waals surface area contributed by atoms with Crippen LogP contribution < -0.4 is 0 Å². The number of ether oxygens (including phenoxy) is 1. The summed E-state index contributed by atoms with van der Waals surface area (Å²) in [5.74, 6) is 5.83. The first kappa shape index (κ1) is 20.7. The van der Waals surface area contributed by atoms with Crippen molar-refractivity contribution in [1.82, 2.24) is 0 Å². The molecular weight excluding hydrogens is 332 g/mol. The van der Waals surface area contributed by atoms with Crippen molar-refractivity contribution in [3.63, 3.8) is 0 Å². The van der Waals surface area contributed by atoms with E-state index in [0.717, 1.165) is 19.3 Å². The summed E-state index contributed by atoms with van der Waals surface area (Å²) in [6.07, 6.45) is 8.15. The molecule has 26 heavy (non-hydrogen) atoms. The number of fused-ring (bicyclic) bond motifs is 1. The molecule has 0 amide bonds. The molecule has 0 heterocycles. The summed E-state index contributed by atoms with van der Waals surface area (Å²) in [6.45, 7) is 3.81. The third kappa shape index (κ3) is 5.70. The molecule has 0 spiro atoms. The monoisotopic (exact) mass is 362 g/mol. The van der Waals surface area contributed by atoms with Crippen molar-refractivity contribution in [1.29, 1.82) is 0 Å². The fourth-order valence-corrected chi connectivity index (χ4v) is 4.08. The number of rotatable bonds is 8. The van der Waals surface area contributed by atoms with Gasteiger partial charge in [0.2, 0.25) is 0 Å². The van der Waals surface area contributed by atoms with Gasteiger partial charge in [-0.1, -0.05) is 30.7 Å². The molecule has 0 aliphatic heterocycles. The van der Waals surface area contributed by atoms with E-state index in [0.29, 0.717) is 24.9 Å². The molecule has 2 fully saturated rings. The van der Waals surface area contributed by atoms with Gasteiger partial charge < -0.3 is 20.1 Å². The second-order valence-electron chi connectivity index (χ2n) is 7.47. The summed E-state index contributed by atoms with van der Waals surface area (Å²) < 4.78 is 5.08. The second-order valence-corrected chi connectivity index (χ2v) is 7.47. The van der Waals surface area contributed by atoms with Crippen LogP contribution in [-0.4, -0.2) is 46.7 Å². The average molecular weight is 362 g/mol. The Morgan fingerprint density at radius 1 is 1.42 bits per heavy atom. The smallest absolute Gasteiger partial charge is 0.329 e. The van der Waals surface area contributed by atoms with Gasteiger partial charge in [0.15, 0.2) is 0 Å². The van der Waals surface area contributed by atoms with Gasteiger partial charge in [0.05, 0.1) is 18.8 Å². The molecule has 5 nitrogen and oxygen atoms in total. The molecule has 144 valence electrons. The molecule has 0 aromatic heterocycles. The fourth-order valence-electron chi connectivity index (χ4n) is 4.08. The first-order chi connectivity index (χ1) is 12.4. The number of allylic oxidation sites excluding steroid dienone is 1. The van der Waals surface area contributed by atoms with Crippen molar-refractivity contribution in [2.75, 3.05) is 13.2 Å². The molecule has 3 N–H and O–H groups in total. The van der Waals surface area contributed by atoms with Crippen molar-refractivity contribution in [2.24, 2.45) is 23.7 Å². The fraction of sp³-hybridized carbons (Fsp3) is 0.667. The van der Waals surface area contributed by atoms with E-state index < -0.39 is 12.1 Å². The highest BCUT2D eigenvalue weighted by molar-refractivity contribution is 5.68. The van der Waals surface area contributed by atoms with Crippen LogP contribution in [0.25, 0.3) is 0 Å². The number of hydrogen-bond donors (Lipinski definition) is 3. The lowest BCUT2D eigenvalue weighted by Crippen LogP contribution is -2.19. The quantitative estimate of drug-likeness (QED) is 0.351. The van der Waals surface area contributed by atoms with E-state index in [4.69, 9.17) is 9.84 Å². The first-order valence-corrected chi connectivity index (χ1v) is 9.33. The molecule has 2 saturated carbocycles. The highest BCUT2D eigenvalue weighted by Gasteiger charge is 2.45. The van der Waals surface area contributed by atoms with Gasteiger partial charge in [-0.25, -0.2) is 4.79 Å². The van der Waals surface area contributed by atoms with E-state index in [1.54, 1.807) is 6.92 Å². The largest absolute Gasteiger partial charge is 0.480 e. The maximum atomic E-state index is 10.5. The van der Waals surface area contributed by atoms with Crippen molar-refractivity contribution < 1.29 is 24.9 Å². The lowest BCUT2D eigenvalue weighted by atomic mass is 9.89. The summed E-state index contributed by atoms with van der Waals surface area (Å²) in [6, 6.07) is 0. The van der Waals surface area contributed by atoms with E-state index in [2.05, 4.69) is 11.8 Å². The van der Waals surface area contributed by atoms with Crippen LogP contribution >= 0.6 is 0 Å². The van der Waals surface area contributed by atoms with Crippen LogP contribution in [0.4, 0.5) is 0 Å². The standard InChI is InChI=1S/C21H30O5/c1-3-4-5-14(2)19(22)7-6-17-18-11-15(8-9-26-13-21(24)25)10-16(18)12-20(17)23/h6-8,14,16-20,22-23H,5,9-13H2,1-2H3,(H,24,25)/b7-6+,15-8+/t14?,16-,17+,18-,19+,20+/m0/s1. The van der Waals surface area contributed by atoms with Gasteiger partial charge in [-0.15, -0.1) is 11.8 Å². The Kier molecular flexibility index (Phi) is 7.89. The summed E-state index contributed by atoms with van der Waals surface area (Å²) in [5, 5.41) is 29.2. The lowest BCUT2D eigenvalue weighted by molar-refractivity contribution is -0.141. The van der Waals surface area contributed by atoms with E-state index in [-0.39, 0.29) is 24.5 Å². The van der Waals surface area contributed by atoms with Crippen LogP contribution in [-0.2, 0) is 9.53 Å². The molecule has 0 aromatic carbocycles. The average Bonchev–Trinajstić information content (AvgIpc) is 3.10. The van der Waals surface area contributed by atoms with Crippen LogP contribution in [0.3, 0.4) is 0 Å². The zero-order chi connectivity index (χ0) is 19.1. The van der Waals surface area contributed by atoms with E-state index in [1.807, 2.05) is 25.2 Å². The van der Waals surface area contributed by atoms with Gasteiger partial charge in [0, 0.05) is 12.3 Å². The van der Waals surface area contributed by atoms with Crippen LogP contribution in [0.1, 0.15) is 39.5 Å². The minimum absolute atomic E-state index is 0.0601. The summed E-state index contributed by atoms with van der Waals surface area (Å²) in [4.78, 5) is 10.5. The van der Waals surface area contributed by atoms with Gasteiger partial charge in [0.1, 0.15) is 6.61 Å². The Morgan fingerprint density at radius 3 is 2.88 bits per heavy atom. The zero-order valence-electron chi connectivity index (χ0n) is 15.6. The Labute approximate surface area is 155 Å². The third-order valence-electron chi connectivity index (χ3n) is 5.54. The second kappa shape index (κ2) is 9.91. The van der Waals surface area contributed by atoms with E-state index >= 15 is 0 Å². The van der Waals surface area contributed by atoms with Crippen LogP contribution in [0.2, 0.25) is 0 Å². The predicted molar refractivity (Wildman–Crippen MR) is 99.2 cm³/mol. The van der Waals surface area contributed by atoms with Crippen LogP contribution in [0.15, 0.2) is 23.8 Å². The molecule has 1 unspecified atom stereocenters. The number of carboxylic acids is 1. The van der Waals surface area contributed by atoms with E-state index in [9.17, 15) is 15.0 Å². The first-order valence-electron chi connectivity index (χ1n) is 9.33. The Hall–Kier alpha value is -1.61. The number of hydrogen-bond acceptors (Lipinski definition) is 4. The third-order valence-corrected chi connectivity index (χ3v) is 5.54. The Morgan fingerprint density at radius 2 is 2.19 bits per heavy atom. The topological polar surface area (TPSA) is 87.0 Å². The van der Waals surface area contributed by atoms with Crippen LogP contribution in [0, 0.1) is 35.5 Å². The summed E-state index contributed by atoms with van der Waals surface area (Å²) in [5.41, 5.74) is 1.28. The van der Waals surface area contributed by atoms with Gasteiger partial charge in [0.25, 0.3) is 0 Å². The summed E-state index contributed by atoms with van der Waals surface area (Å²) >= 11 is 0. The minimum Gasteiger partial charge on any atom is -0.480 e. The van der Waals surface area contributed by atoms with Crippen molar-refractivity contribution in [3.8, 4) is 11.8 Å². The molecule has 5 heteroatoms. The van der Waals surface area contributed by atoms with Crippen LogP contribution in [0.5, 0.6) is 0 Å². The number of aliphatic hydroxyl groups is 2. The summed E-state index contributed by atoms with van der Waals surface area (Å²) in [7, 11) is 0. The SMILES string of the molecule is CC#CCC(C)[C@H](O)/C=C/[C@@H]1[C@H]2C/C(=C/COCC(=O)O)C[C@H]2C[C@H]1O. The number of carboxylic acid groups (broad SMARTS) is 1. The molecule has 2 aliphatic rings. The van der Waals surface area contributed by atoms with Crippen molar-refractivity contribution in [2.45, 2.75) is 51.7 Å². The zero-order valence-corrected chi connectivity index (χ0v) is 15.6. The minimum atomic E-state index is -0.960. The van der Waals surface area contributed by atoms with Gasteiger partial charge in [-0.2, -0.15) is 0 Å². The Balaban J connectivity index is 1.89. The van der Waals surface area contributed by atoms with Crippen molar-refractivity contribution in [3.05, 3.63) is 23.8 Å². The number of carbonyl (C=O) groups is 1. The van der Waals surface area contributed by atoms with Gasteiger partial charge >= 0.3 is 5.97 Å². The predicted octanol–water partition coefficient (Wildman–Crippen LogP) is 2.39. The Bertz CT molecular complexity index is 597. The molecule has 6 atom stereocenters. The molecule has 0 bridgehead atoms. The molecule has 2 rings (SSSR count). The highest BCUT2D eigenvalue weighted by Crippen LogP contribution is 2.50. The maximum absolute atomic E-state index is 10.5. The maximum Gasteiger partial charge on any atom is 0.329 e. The van der Waals surface area contributed by atoms with Gasteiger partial charge in [-0.3, -0.25) is 0 Å². The highest BCUT2D eigenvalue weighted by atomic mass is 16.5. The number of aliphatic hydroxyl groups excluding tert-OH is 2. The normalized spacial score (nSPS) is 31.6. The lowest BCUT2D eigenvalue weighted by Gasteiger charge is -2.19. The molecule has 0 aromatic rings. The molecule has 0 radical (unpaired) electrons. The van der Waals surface area contributed by atoms with E-state index in [1.165, 1.54) is 5.57 Å².